The summed E-state index contributed by atoms with van der Waals surface area (Å²) in [6.07, 6.45) is 2.97. The van der Waals surface area contributed by atoms with Crippen molar-refractivity contribution in [1.29, 1.82) is 0 Å². The van der Waals surface area contributed by atoms with Crippen LogP contribution in [-0.4, -0.2) is 13.1 Å². The minimum atomic E-state index is 1.02. The van der Waals surface area contributed by atoms with Gasteiger partial charge in [-0.1, -0.05) is 6.92 Å². The summed E-state index contributed by atoms with van der Waals surface area (Å²) >= 11 is 0. The van der Waals surface area contributed by atoms with Crippen LogP contribution < -0.4 is 5.32 Å². The molecule has 0 spiro atoms. The van der Waals surface area contributed by atoms with Gasteiger partial charge in [-0.3, -0.25) is 0 Å². The Labute approximate surface area is 56.8 Å². The molecule has 2 bridgehead atoms. The second-order valence-electron chi connectivity index (χ2n) is 3.61. The van der Waals surface area contributed by atoms with E-state index in [0.29, 0.717) is 0 Å². The fraction of sp³-hybridized carbons (Fsp3) is 1.00. The molecule has 2 atom stereocenters. The Hall–Kier alpha value is -0.0400. The summed E-state index contributed by atoms with van der Waals surface area (Å²) in [5, 5.41) is 3.48. The van der Waals surface area contributed by atoms with Crippen molar-refractivity contribution in [2.45, 2.75) is 19.8 Å². The first kappa shape index (κ1) is 5.72. The predicted molar refractivity (Wildman–Crippen MR) is 38.2 cm³/mol. The van der Waals surface area contributed by atoms with E-state index < -0.39 is 0 Å². The van der Waals surface area contributed by atoms with Gasteiger partial charge in [0.2, 0.25) is 0 Å². The average Bonchev–Trinajstić information content (AvgIpc) is 2.19. The molecule has 0 radical (unpaired) electrons. The molecule has 0 aromatic heterocycles. The molecule has 0 amide bonds. The van der Waals surface area contributed by atoms with Crippen LogP contribution in [0.2, 0.25) is 0 Å². The molecule has 1 nitrogen and oxygen atoms in total. The smallest absolute Gasteiger partial charge is 0.00177 e. The number of hydrogen-bond acceptors (Lipinski definition) is 1. The van der Waals surface area contributed by atoms with Crippen molar-refractivity contribution in [3.05, 3.63) is 0 Å². The highest BCUT2D eigenvalue weighted by molar-refractivity contribution is 4.88. The molecular weight excluding hydrogens is 110 g/mol. The third-order valence-corrected chi connectivity index (χ3v) is 3.21. The molecule has 1 N–H and O–H groups in total. The topological polar surface area (TPSA) is 12.0 Å². The first-order chi connectivity index (χ1) is 4.38. The Kier molecular flexibility index (Phi) is 1.26. The van der Waals surface area contributed by atoms with Gasteiger partial charge in [0.15, 0.2) is 0 Å². The third kappa shape index (κ3) is 0.787. The highest BCUT2D eigenvalue weighted by Gasteiger charge is 2.35. The maximum atomic E-state index is 3.48. The van der Waals surface area contributed by atoms with Crippen LogP contribution in [0, 0.1) is 17.8 Å². The van der Waals surface area contributed by atoms with Gasteiger partial charge in [0.25, 0.3) is 0 Å². The van der Waals surface area contributed by atoms with E-state index in [1.54, 1.807) is 0 Å². The van der Waals surface area contributed by atoms with Gasteiger partial charge < -0.3 is 5.32 Å². The largest absolute Gasteiger partial charge is 0.316 e. The van der Waals surface area contributed by atoms with Crippen molar-refractivity contribution >= 4 is 0 Å². The van der Waals surface area contributed by atoms with Crippen LogP contribution >= 0.6 is 0 Å². The fourth-order valence-corrected chi connectivity index (χ4v) is 2.37. The lowest BCUT2D eigenvalue weighted by Gasteiger charge is -2.27. The van der Waals surface area contributed by atoms with Gasteiger partial charge >= 0.3 is 0 Å². The van der Waals surface area contributed by atoms with Gasteiger partial charge in [0.1, 0.15) is 0 Å². The summed E-state index contributed by atoms with van der Waals surface area (Å²) in [5.74, 6) is 3.05. The minimum Gasteiger partial charge on any atom is -0.316 e. The normalized spacial score (nSPS) is 49.7. The lowest BCUT2D eigenvalue weighted by molar-refractivity contribution is 0.267. The van der Waals surface area contributed by atoms with Crippen molar-refractivity contribution in [2.24, 2.45) is 17.8 Å². The molecule has 2 rings (SSSR count). The van der Waals surface area contributed by atoms with Crippen molar-refractivity contribution in [3.8, 4) is 0 Å². The molecule has 1 aliphatic carbocycles. The average molecular weight is 125 g/mol. The van der Waals surface area contributed by atoms with Crippen molar-refractivity contribution in [2.75, 3.05) is 13.1 Å². The van der Waals surface area contributed by atoms with Gasteiger partial charge in [-0.2, -0.15) is 0 Å². The summed E-state index contributed by atoms with van der Waals surface area (Å²) in [6.45, 7) is 5.00. The van der Waals surface area contributed by atoms with E-state index in [0.717, 1.165) is 17.8 Å². The Morgan fingerprint density at radius 3 is 2.11 bits per heavy atom. The van der Waals surface area contributed by atoms with Crippen molar-refractivity contribution in [3.63, 3.8) is 0 Å². The highest BCUT2D eigenvalue weighted by Crippen LogP contribution is 2.38. The number of piperidine rings is 1. The molecule has 2 unspecified atom stereocenters. The molecule has 1 saturated carbocycles. The minimum absolute atomic E-state index is 1.02. The highest BCUT2D eigenvalue weighted by atomic mass is 14.9. The standard InChI is InChI=1S/C8H15N/c1-6-7-2-3-8(6)5-9-4-7/h6-9H,2-5H2,1H3. The monoisotopic (exact) mass is 125 g/mol. The zero-order valence-corrected chi connectivity index (χ0v) is 6.06. The first-order valence-electron chi connectivity index (χ1n) is 4.08. The zero-order chi connectivity index (χ0) is 6.27. The van der Waals surface area contributed by atoms with E-state index in [2.05, 4.69) is 12.2 Å². The Morgan fingerprint density at radius 1 is 1.11 bits per heavy atom. The number of hydrogen-bond donors (Lipinski definition) is 1. The van der Waals surface area contributed by atoms with Crippen LogP contribution in [0.15, 0.2) is 0 Å². The zero-order valence-electron chi connectivity index (χ0n) is 6.06. The second kappa shape index (κ2) is 1.98. The van der Waals surface area contributed by atoms with Crippen LogP contribution in [0.4, 0.5) is 0 Å². The van der Waals surface area contributed by atoms with Gasteiger partial charge in [0, 0.05) is 0 Å². The summed E-state index contributed by atoms with van der Waals surface area (Å²) in [5.41, 5.74) is 0. The molecule has 1 heterocycles. The molecular formula is C8H15N. The number of rotatable bonds is 0. The molecule has 1 saturated heterocycles. The SMILES string of the molecule is CC1C2CCC1CNC2. The van der Waals surface area contributed by atoms with Crippen LogP contribution in [0.3, 0.4) is 0 Å². The molecule has 0 aromatic carbocycles. The van der Waals surface area contributed by atoms with Gasteiger partial charge in [0.05, 0.1) is 0 Å². The van der Waals surface area contributed by atoms with E-state index >= 15 is 0 Å². The first-order valence-corrected chi connectivity index (χ1v) is 4.08. The van der Waals surface area contributed by atoms with E-state index in [1.807, 2.05) is 0 Å². The van der Waals surface area contributed by atoms with Crippen LogP contribution in [0.5, 0.6) is 0 Å². The van der Waals surface area contributed by atoms with E-state index in [-0.39, 0.29) is 0 Å². The Morgan fingerprint density at radius 2 is 1.67 bits per heavy atom. The molecule has 0 aromatic rings. The lowest BCUT2D eigenvalue weighted by Crippen LogP contribution is -2.36. The maximum absolute atomic E-state index is 3.48. The number of fused-ring (bicyclic) bond motifs is 2. The van der Waals surface area contributed by atoms with Gasteiger partial charge in [-0.25, -0.2) is 0 Å². The summed E-state index contributed by atoms with van der Waals surface area (Å²) in [6, 6.07) is 0. The van der Waals surface area contributed by atoms with Gasteiger partial charge in [-0.05, 0) is 43.7 Å². The van der Waals surface area contributed by atoms with Crippen molar-refractivity contribution in [1.82, 2.24) is 5.32 Å². The maximum Gasteiger partial charge on any atom is -0.00177 e. The molecule has 2 aliphatic rings. The van der Waals surface area contributed by atoms with Crippen LogP contribution in [-0.2, 0) is 0 Å². The van der Waals surface area contributed by atoms with Crippen LogP contribution in [0.25, 0.3) is 0 Å². The third-order valence-electron chi connectivity index (χ3n) is 3.21. The van der Waals surface area contributed by atoms with Crippen molar-refractivity contribution < 1.29 is 0 Å². The van der Waals surface area contributed by atoms with E-state index in [1.165, 1.54) is 25.9 Å². The van der Waals surface area contributed by atoms with Gasteiger partial charge in [-0.15, -0.1) is 0 Å². The fourth-order valence-electron chi connectivity index (χ4n) is 2.37. The molecule has 2 fully saturated rings. The molecule has 1 aliphatic heterocycles. The number of nitrogens with one attached hydrogen (secondary N) is 1. The molecule has 9 heavy (non-hydrogen) atoms. The lowest BCUT2D eigenvalue weighted by atomic mass is 9.88. The summed E-state index contributed by atoms with van der Waals surface area (Å²) in [7, 11) is 0. The quantitative estimate of drug-likeness (QED) is 0.514. The Balaban J connectivity index is 2.10. The summed E-state index contributed by atoms with van der Waals surface area (Å²) < 4.78 is 0. The Bertz CT molecular complexity index is 95.1. The molecule has 52 valence electrons. The van der Waals surface area contributed by atoms with Crippen LogP contribution in [0.1, 0.15) is 19.8 Å². The summed E-state index contributed by atoms with van der Waals surface area (Å²) in [4.78, 5) is 0. The second-order valence-corrected chi connectivity index (χ2v) is 3.61. The predicted octanol–water partition coefficient (Wildman–Crippen LogP) is 1.25. The molecule has 1 heteroatoms. The van der Waals surface area contributed by atoms with E-state index in [4.69, 9.17) is 0 Å². The van der Waals surface area contributed by atoms with E-state index in [9.17, 15) is 0 Å².